The van der Waals surface area contributed by atoms with Crippen molar-refractivity contribution >= 4 is 5.69 Å². The van der Waals surface area contributed by atoms with E-state index >= 15 is 0 Å². The van der Waals surface area contributed by atoms with E-state index in [4.69, 9.17) is 5.73 Å². The van der Waals surface area contributed by atoms with E-state index in [9.17, 15) is 9.50 Å². The zero-order valence-electron chi connectivity index (χ0n) is 11.9. The zero-order valence-corrected chi connectivity index (χ0v) is 11.9. The van der Waals surface area contributed by atoms with Crippen LogP contribution in [0.3, 0.4) is 0 Å². The van der Waals surface area contributed by atoms with Crippen molar-refractivity contribution in [2.75, 3.05) is 24.6 Å². The highest BCUT2D eigenvalue weighted by Crippen LogP contribution is 2.18. The van der Waals surface area contributed by atoms with Gasteiger partial charge in [0, 0.05) is 24.3 Å². The fourth-order valence-electron chi connectivity index (χ4n) is 2.13. The second-order valence-electron chi connectivity index (χ2n) is 5.04. The largest absolute Gasteiger partial charge is 0.394 e. The van der Waals surface area contributed by atoms with E-state index in [1.54, 1.807) is 12.1 Å². The van der Waals surface area contributed by atoms with Crippen LogP contribution in [0.15, 0.2) is 24.3 Å². The number of anilines is 1. The molecule has 3 nitrogen and oxygen atoms in total. The summed E-state index contributed by atoms with van der Waals surface area (Å²) >= 11 is 0. The molecule has 19 heavy (non-hydrogen) atoms. The Labute approximate surface area is 115 Å². The molecule has 0 heterocycles. The Balaban J connectivity index is 2.54. The van der Waals surface area contributed by atoms with Crippen LogP contribution in [-0.2, 0) is 0 Å². The predicted octanol–water partition coefficient (Wildman–Crippen LogP) is 2.53. The summed E-state index contributed by atoms with van der Waals surface area (Å²) in [6.07, 6.45) is 2.41. The van der Waals surface area contributed by atoms with Crippen LogP contribution >= 0.6 is 0 Å². The number of nitrogens with two attached hydrogens (primary N) is 1. The zero-order chi connectivity index (χ0) is 14.3. The molecule has 4 heteroatoms. The Kier molecular flexibility index (Phi) is 6.25. The second-order valence-corrected chi connectivity index (χ2v) is 5.04. The van der Waals surface area contributed by atoms with Gasteiger partial charge in [0.05, 0.1) is 6.61 Å². The van der Waals surface area contributed by atoms with Gasteiger partial charge in [-0.05, 0) is 44.4 Å². The lowest BCUT2D eigenvalue weighted by Gasteiger charge is -2.28. The van der Waals surface area contributed by atoms with Gasteiger partial charge in [-0.25, -0.2) is 4.39 Å². The lowest BCUT2D eigenvalue weighted by Crippen LogP contribution is -2.43. The molecular formula is C15H25FN2O. The molecule has 1 rings (SSSR count). The van der Waals surface area contributed by atoms with Crippen molar-refractivity contribution in [3.05, 3.63) is 30.1 Å². The molecule has 1 unspecified atom stereocenters. The van der Waals surface area contributed by atoms with E-state index in [0.717, 1.165) is 38.0 Å². The fraction of sp³-hybridized carbons (Fsp3) is 0.600. The quantitative estimate of drug-likeness (QED) is 0.761. The van der Waals surface area contributed by atoms with Crippen LogP contribution < -0.4 is 10.6 Å². The monoisotopic (exact) mass is 268 g/mol. The Hall–Kier alpha value is -1.13. The summed E-state index contributed by atoms with van der Waals surface area (Å²) in [6.45, 7) is 5.69. The molecule has 108 valence electrons. The number of halogens is 1. The van der Waals surface area contributed by atoms with Crippen molar-refractivity contribution in [2.24, 2.45) is 5.73 Å². The lowest BCUT2D eigenvalue weighted by atomic mass is 9.92. The molecule has 0 fully saturated rings. The van der Waals surface area contributed by atoms with E-state index in [1.165, 1.54) is 6.07 Å². The minimum atomic E-state index is -0.485. The van der Waals surface area contributed by atoms with Gasteiger partial charge < -0.3 is 15.7 Å². The molecular weight excluding hydrogens is 243 g/mol. The maximum atomic E-state index is 13.2. The van der Waals surface area contributed by atoms with Crippen molar-refractivity contribution in [3.8, 4) is 0 Å². The highest BCUT2D eigenvalue weighted by molar-refractivity contribution is 5.46. The smallest absolute Gasteiger partial charge is 0.125 e. The Morgan fingerprint density at radius 3 is 2.63 bits per heavy atom. The maximum absolute atomic E-state index is 13.2. The van der Waals surface area contributed by atoms with Crippen molar-refractivity contribution in [2.45, 2.75) is 38.6 Å². The number of benzene rings is 1. The van der Waals surface area contributed by atoms with E-state index < -0.39 is 5.54 Å². The fourth-order valence-corrected chi connectivity index (χ4v) is 2.13. The molecule has 0 saturated heterocycles. The molecule has 3 N–H and O–H groups in total. The highest BCUT2D eigenvalue weighted by Gasteiger charge is 2.21. The molecule has 0 saturated carbocycles. The number of hydrogen-bond donors (Lipinski definition) is 2. The van der Waals surface area contributed by atoms with Crippen LogP contribution in [-0.4, -0.2) is 30.3 Å². The normalized spacial score (nSPS) is 14.2. The van der Waals surface area contributed by atoms with Crippen molar-refractivity contribution in [3.63, 3.8) is 0 Å². The topological polar surface area (TPSA) is 49.5 Å². The van der Waals surface area contributed by atoms with Gasteiger partial charge in [0.1, 0.15) is 5.82 Å². The van der Waals surface area contributed by atoms with Crippen molar-refractivity contribution in [1.29, 1.82) is 0 Å². The summed E-state index contributed by atoms with van der Waals surface area (Å²) < 4.78 is 13.2. The van der Waals surface area contributed by atoms with Crippen LogP contribution in [0.1, 0.15) is 33.1 Å². The number of nitrogens with zero attached hydrogens (tertiary/aromatic N) is 1. The molecule has 0 amide bonds. The minimum absolute atomic E-state index is 0.00951. The van der Waals surface area contributed by atoms with E-state index in [2.05, 4.69) is 4.90 Å². The first-order chi connectivity index (χ1) is 9.04. The number of aliphatic hydroxyl groups excluding tert-OH is 1. The van der Waals surface area contributed by atoms with Gasteiger partial charge in [-0.1, -0.05) is 13.0 Å². The van der Waals surface area contributed by atoms with Crippen LogP contribution in [0.2, 0.25) is 0 Å². The molecule has 0 aliphatic carbocycles. The molecule has 0 radical (unpaired) electrons. The number of rotatable bonds is 8. The van der Waals surface area contributed by atoms with Gasteiger partial charge in [-0.3, -0.25) is 0 Å². The molecule has 0 aliphatic rings. The first-order valence-electron chi connectivity index (χ1n) is 6.95. The molecule has 0 bridgehead atoms. The minimum Gasteiger partial charge on any atom is -0.394 e. The molecule has 1 aromatic rings. The predicted molar refractivity (Wildman–Crippen MR) is 77.8 cm³/mol. The van der Waals surface area contributed by atoms with E-state index in [1.807, 2.05) is 19.9 Å². The van der Waals surface area contributed by atoms with E-state index in [0.29, 0.717) is 0 Å². The SMILES string of the molecule is CCN(CCCC(N)(CC)CO)c1cccc(F)c1. The van der Waals surface area contributed by atoms with Gasteiger partial charge in [0.25, 0.3) is 0 Å². The molecule has 0 aromatic heterocycles. The van der Waals surface area contributed by atoms with Gasteiger partial charge >= 0.3 is 0 Å². The summed E-state index contributed by atoms with van der Waals surface area (Å²) in [7, 11) is 0. The summed E-state index contributed by atoms with van der Waals surface area (Å²) in [4.78, 5) is 2.12. The summed E-state index contributed by atoms with van der Waals surface area (Å²) in [5.41, 5.74) is 6.47. The van der Waals surface area contributed by atoms with Gasteiger partial charge in [0.2, 0.25) is 0 Å². The van der Waals surface area contributed by atoms with Crippen LogP contribution in [0, 0.1) is 5.82 Å². The highest BCUT2D eigenvalue weighted by atomic mass is 19.1. The van der Waals surface area contributed by atoms with Crippen LogP contribution in [0.5, 0.6) is 0 Å². The van der Waals surface area contributed by atoms with Gasteiger partial charge in [-0.2, -0.15) is 0 Å². The van der Waals surface area contributed by atoms with Crippen LogP contribution in [0.25, 0.3) is 0 Å². The lowest BCUT2D eigenvalue weighted by molar-refractivity contribution is 0.181. The van der Waals surface area contributed by atoms with Crippen molar-refractivity contribution < 1.29 is 9.50 Å². The third-order valence-corrected chi connectivity index (χ3v) is 3.68. The standard InChI is InChI=1S/C15H25FN2O/c1-3-15(17,12-19)9-6-10-18(4-2)14-8-5-7-13(16)11-14/h5,7-8,11,19H,3-4,6,9-10,12,17H2,1-2H3. The Morgan fingerprint density at radius 1 is 1.37 bits per heavy atom. The van der Waals surface area contributed by atoms with Gasteiger partial charge in [-0.15, -0.1) is 0 Å². The Bertz CT molecular complexity index is 380. The average Bonchev–Trinajstić information content (AvgIpc) is 2.43. The van der Waals surface area contributed by atoms with Gasteiger partial charge in [0.15, 0.2) is 0 Å². The summed E-state index contributed by atoms with van der Waals surface area (Å²) in [6, 6.07) is 6.63. The molecule has 1 atom stereocenters. The van der Waals surface area contributed by atoms with Crippen LogP contribution in [0.4, 0.5) is 10.1 Å². The maximum Gasteiger partial charge on any atom is 0.125 e. The third-order valence-electron chi connectivity index (χ3n) is 3.68. The first kappa shape index (κ1) is 15.9. The second kappa shape index (κ2) is 7.46. The molecule has 0 spiro atoms. The summed E-state index contributed by atoms with van der Waals surface area (Å²) in [5, 5.41) is 9.27. The number of aliphatic hydroxyl groups is 1. The third kappa shape index (κ3) is 4.80. The Morgan fingerprint density at radius 2 is 2.11 bits per heavy atom. The first-order valence-corrected chi connectivity index (χ1v) is 6.95. The number of hydrogen-bond acceptors (Lipinski definition) is 3. The molecule has 1 aromatic carbocycles. The van der Waals surface area contributed by atoms with E-state index in [-0.39, 0.29) is 12.4 Å². The molecule has 0 aliphatic heterocycles. The van der Waals surface area contributed by atoms with Crippen molar-refractivity contribution in [1.82, 2.24) is 0 Å². The average molecular weight is 268 g/mol. The summed E-state index contributed by atoms with van der Waals surface area (Å²) in [5.74, 6) is -0.215.